The molecule has 17 heavy (non-hydrogen) atoms. The minimum Gasteiger partial charge on any atom is -0.388 e. The minimum absolute atomic E-state index is 0.0484. The number of carbonyl (C=O) groups excluding carboxylic acids is 1. The van der Waals surface area contributed by atoms with E-state index in [1.807, 2.05) is 13.0 Å². The Morgan fingerprint density at radius 2 is 2.35 bits per heavy atom. The number of nitrogens with two attached hydrogens (primary N) is 1. The van der Waals surface area contributed by atoms with Crippen molar-refractivity contribution in [2.24, 2.45) is 5.73 Å². The summed E-state index contributed by atoms with van der Waals surface area (Å²) in [5.41, 5.74) is 6.88. The fourth-order valence-electron chi connectivity index (χ4n) is 1.45. The van der Waals surface area contributed by atoms with Gasteiger partial charge in [0.25, 0.3) is 0 Å². The first-order valence-electron chi connectivity index (χ1n) is 5.29. The van der Waals surface area contributed by atoms with E-state index in [1.165, 1.54) is 0 Å². The number of likely N-dealkylation sites (N-methyl/N-ethyl adjacent to an activating group) is 2. The molecule has 1 amide bonds. The molecular formula is C11H16N4OS. The van der Waals surface area contributed by atoms with Crippen LogP contribution in [0.15, 0.2) is 18.3 Å². The maximum atomic E-state index is 11.5. The van der Waals surface area contributed by atoms with Crippen LogP contribution in [0.4, 0.5) is 5.69 Å². The highest BCUT2D eigenvalue weighted by atomic mass is 32.1. The molecule has 0 atom stereocenters. The molecule has 92 valence electrons. The normalized spacial score (nSPS) is 9.76. The summed E-state index contributed by atoms with van der Waals surface area (Å²) >= 11 is 4.92. The number of amides is 1. The number of nitrogens with one attached hydrogen (secondary N) is 1. The molecule has 1 heterocycles. The second-order valence-electron chi connectivity index (χ2n) is 3.54. The Balaban J connectivity index is 2.85. The van der Waals surface area contributed by atoms with Crippen molar-refractivity contribution in [2.75, 3.05) is 25.0 Å². The van der Waals surface area contributed by atoms with Crippen molar-refractivity contribution in [3.8, 4) is 0 Å². The van der Waals surface area contributed by atoms with Crippen LogP contribution in [0.5, 0.6) is 0 Å². The van der Waals surface area contributed by atoms with Crippen LogP contribution >= 0.6 is 12.2 Å². The van der Waals surface area contributed by atoms with E-state index in [4.69, 9.17) is 18.0 Å². The van der Waals surface area contributed by atoms with Gasteiger partial charge < -0.3 is 16.0 Å². The second kappa shape index (κ2) is 6.15. The van der Waals surface area contributed by atoms with Gasteiger partial charge in [-0.3, -0.25) is 9.78 Å². The van der Waals surface area contributed by atoms with Gasteiger partial charge in [0.2, 0.25) is 5.91 Å². The van der Waals surface area contributed by atoms with Gasteiger partial charge in [-0.2, -0.15) is 0 Å². The van der Waals surface area contributed by atoms with Gasteiger partial charge in [0, 0.05) is 19.8 Å². The molecule has 0 unspecified atom stereocenters. The molecule has 0 aliphatic rings. The van der Waals surface area contributed by atoms with E-state index >= 15 is 0 Å². The largest absolute Gasteiger partial charge is 0.388 e. The van der Waals surface area contributed by atoms with Crippen LogP contribution in [0.2, 0.25) is 0 Å². The summed E-state index contributed by atoms with van der Waals surface area (Å²) in [5, 5.41) is 2.73. The Morgan fingerprint density at radius 1 is 1.65 bits per heavy atom. The molecule has 0 aromatic carbocycles. The average Bonchev–Trinajstić information content (AvgIpc) is 2.29. The maximum Gasteiger partial charge on any atom is 0.239 e. The molecule has 0 saturated carbocycles. The number of nitrogens with zero attached hydrogens (tertiary/aromatic N) is 2. The highest BCUT2D eigenvalue weighted by molar-refractivity contribution is 7.80. The number of pyridine rings is 1. The van der Waals surface area contributed by atoms with Gasteiger partial charge in [-0.25, -0.2) is 0 Å². The number of anilines is 1. The van der Waals surface area contributed by atoms with Crippen LogP contribution in [-0.4, -0.2) is 36.0 Å². The fraction of sp³-hybridized carbons (Fsp3) is 0.364. The Labute approximate surface area is 106 Å². The molecule has 0 aliphatic heterocycles. The number of aromatic nitrogens is 1. The van der Waals surface area contributed by atoms with E-state index in [0.29, 0.717) is 12.2 Å². The molecule has 1 aromatic heterocycles. The Morgan fingerprint density at radius 3 is 2.94 bits per heavy atom. The number of thiocarbonyl (C=S) groups is 1. The molecule has 1 aromatic rings. The molecule has 0 aliphatic carbocycles. The van der Waals surface area contributed by atoms with Gasteiger partial charge in [-0.05, 0) is 19.1 Å². The molecule has 0 spiro atoms. The molecular weight excluding hydrogens is 236 g/mol. The molecule has 0 fully saturated rings. The standard InChI is InChI=1S/C11H16N4OS/c1-3-13-9(16)7-15(2)8-5-4-6-14-10(8)11(12)17/h4-6H,3,7H2,1-2H3,(H2,12,17)(H,13,16). The topological polar surface area (TPSA) is 71.2 Å². The fourth-order valence-corrected chi connectivity index (χ4v) is 1.61. The second-order valence-corrected chi connectivity index (χ2v) is 3.98. The van der Waals surface area contributed by atoms with Crippen molar-refractivity contribution >= 4 is 28.8 Å². The maximum absolute atomic E-state index is 11.5. The van der Waals surface area contributed by atoms with Crippen molar-refractivity contribution in [1.29, 1.82) is 0 Å². The predicted octanol–water partition coefficient (Wildman–Crippen LogP) is 0.288. The van der Waals surface area contributed by atoms with Crippen molar-refractivity contribution in [3.63, 3.8) is 0 Å². The number of rotatable bonds is 5. The smallest absolute Gasteiger partial charge is 0.239 e. The third-order valence-corrected chi connectivity index (χ3v) is 2.38. The summed E-state index contributed by atoms with van der Waals surface area (Å²) in [6, 6.07) is 3.62. The Hall–Kier alpha value is -1.69. The SMILES string of the molecule is CCNC(=O)CN(C)c1cccnc1C(N)=S. The highest BCUT2D eigenvalue weighted by Gasteiger charge is 2.12. The van der Waals surface area contributed by atoms with Crippen LogP contribution in [0, 0.1) is 0 Å². The summed E-state index contributed by atoms with van der Waals surface area (Å²) < 4.78 is 0. The number of hydrogen-bond donors (Lipinski definition) is 2. The Kier molecular flexibility index (Phi) is 4.84. The van der Waals surface area contributed by atoms with E-state index in [0.717, 1.165) is 5.69 Å². The van der Waals surface area contributed by atoms with Gasteiger partial charge in [0.1, 0.15) is 10.7 Å². The van der Waals surface area contributed by atoms with Gasteiger partial charge in [-0.1, -0.05) is 12.2 Å². The first-order chi connectivity index (χ1) is 8.06. The lowest BCUT2D eigenvalue weighted by atomic mass is 10.2. The zero-order chi connectivity index (χ0) is 12.8. The van der Waals surface area contributed by atoms with Crippen LogP contribution in [0.3, 0.4) is 0 Å². The van der Waals surface area contributed by atoms with E-state index in [1.54, 1.807) is 24.2 Å². The van der Waals surface area contributed by atoms with Crippen LogP contribution in [0.25, 0.3) is 0 Å². The van der Waals surface area contributed by atoms with Gasteiger partial charge in [0.15, 0.2) is 0 Å². The quantitative estimate of drug-likeness (QED) is 0.737. The monoisotopic (exact) mass is 252 g/mol. The summed E-state index contributed by atoms with van der Waals surface area (Å²) in [6.45, 7) is 2.74. The first kappa shape index (κ1) is 13.4. The van der Waals surface area contributed by atoms with Crippen LogP contribution in [-0.2, 0) is 4.79 Å². The van der Waals surface area contributed by atoms with Crippen LogP contribution in [0.1, 0.15) is 12.6 Å². The number of carbonyl (C=O) groups is 1. The van der Waals surface area contributed by atoms with E-state index in [9.17, 15) is 4.79 Å². The van der Waals surface area contributed by atoms with Gasteiger partial charge in [-0.15, -0.1) is 0 Å². The lowest BCUT2D eigenvalue weighted by Crippen LogP contribution is -2.36. The van der Waals surface area contributed by atoms with Crippen molar-refractivity contribution in [1.82, 2.24) is 10.3 Å². The van der Waals surface area contributed by atoms with Crippen molar-refractivity contribution < 1.29 is 4.79 Å². The third-order valence-electron chi connectivity index (χ3n) is 2.19. The lowest BCUT2D eigenvalue weighted by Gasteiger charge is -2.20. The van der Waals surface area contributed by atoms with Crippen LogP contribution < -0.4 is 16.0 Å². The molecule has 6 heteroatoms. The zero-order valence-corrected chi connectivity index (χ0v) is 10.8. The summed E-state index contributed by atoms with van der Waals surface area (Å²) in [7, 11) is 1.80. The number of hydrogen-bond acceptors (Lipinski definition) is 4. The molecule has 0 saturated heterocycles. The van der Waals surface area contributed by atoms with Crippen molar-refractivity contribution in [2.45, 2.75) is 6.92 Å². The average molecular weight is 252 g/mol. The van der Waals surface area contributed by atoms with Gasteiger partial charge >= 0.3 is 0 Å². The predicted molar refractivity (Wildman–Crippen MR) is 72.1 cm³/mol. The van der Waals surface area contributed by atoms with E-state index in [2.05, 4.69) is 10.3 Å². The highest BCUT2D eigenvalue weighted by Crippen LogP contribution is 2.16. The summed E-state index contributed by atoms with van der Waals surface area (Å²) in [5.74, 6) is -0.0484. The zero-order valence-electron chi connectivity index (χ0n) is 9.93. The minimum atomic E-state index is -0.0484. The molecule has 5 nitrogen and oxygen atoms in total. The molecule has 1 rings (SSSR count). The molecule has 3 N–H and O–H groups in total. The first-order valence-corrected chi connectivity index (χ1v) is 5.69. The molecule has 0 radical (unpaired) electrons. The molecule has 0 bridgehead atoms. The summed E-state index contributed by atoms with van der Waals surface area (Å²) in [4.78, 5) is 17.6. The third kappa shape index (κ3) is 3.67. The summed E-state index contributed by atoms with van der Waals surface area (Å²) in [6.07, 6.45) is 1.62. The van der Waals surface area contributed by atoms with E-state index < -0.39 is 0 Å². The lowest BCUT2D eigenvalue weighted by molar-refractivity contribution is -0.119. The Bertz CT molecular complexity index is 422. The van der Waals surface area contributed by atoms with E-state index in [-0.39, 0.29) is 17.4 Å². The van der Waals surface area contributed by atoms with Gasteiger partial charge in [0.05, 0.1) is 12.2 Å². The van der Waals surface area contributed by atoms with Crippen molar-refractivity contribution in [3.05, 3.63) is 24.0 Å².